The maximum Gasteiger partial charge on any atom is 0.259 e. The highest BCUT2D eigenvalue weighted by molar-refractivity contribution is 7.89. The lowest BCUT2D eigenvalue weighted by atomic mass is 10.8. The van der Waals surface area contributed by atoms with Crippen molar-refractivity contribution < 1.29 is 8.42 Å². The van der Waals surface area contributed by atoms with Crippen LogP contribution >= 0.6 is 12.4 Å². The number of rotatable bonds is 2. The number of aryl methyl sites for hydroxylation is 1. The summed E-state index contributed by atoms with van der Waals surface area (Å²) in [6, 6.07) is 0. The predicted molar refractivity (Wildman–Crippen MR) is 51.1 cm³/mol. The molecule has 13 heavy (non-hydrogen) atoms. The summed E-state index contributed by atoms with van der Waals surface area (Å²) in [6.07, 6.45) is 1.35. The predicted octanol–water partition coefficient (Wildman–Crippen LogP) is -0.668. The highest BCUT2D eigenvalue weighted by Crippen LogP contribution is 2.13. The first-order chi connectivity index (χ1) is 5.49. The topological polar surface area (TPSA) is 90.0 Å². The summed E-state index contributed by atoms with van der Waals surface area (Å²) < 4.78 is 26.0. The lowest BCUT2D eigenvalue weighted by Crippen LogP contribution is -2.22. The van der Waals surface area contributed by atoms with Gasteiger partial charge in [-0.25, -0.2) is 18.1 Å². The molecule has 3 N–H and O–H groups in total. The smallest absolute Gasteiger partial charge is 0.259 e. The van der Waals surface area contributed by atoms with Crippen LogP contribution in [0, 0.1) is 0 Å². The van der Waals surface area contributed by atoms with Gasteiger partial charge >= 0.3 is 0 Å². The van der Waals surface area contributed by atoms with Gasteiger partial charge in [0.15, 0.2) is 10.8 Å². The Morgan fingerprint density at radius 3 is 2.46 bits per heavy atom. The Hall–Kier alpha value is -0.790. The summed E-state index contributed by atoms with van der Waals surface area (Å²) in [6.45, 7) is 0. The quantitative estimate of drug-likeness (QED) is 0.700. The van der Waals surface area contributed by atoms with Crippen LogP contribution in [0.4, 0.5) is 5.82 Å². The van der Waals surface area contributed by atoms with Crippen LogP contribution < -0.4 is 10.5 Å². The van der Waals surface area contributed by atoms with Crippen LogP contribution in [0.1, 0.15) is 0 Å². The Morgan fingerprint density at radius 2 is 2.15 bits per heavy atom. The fourth-order valence-electron chi connectivity index (χ4n) is 0.861. The van der Waals surface area contributed by atoms with E-state index in [2.05, 4.69) is 9.71 Å². The van der Waals surface area contributed by atoms with Crippen molar-refractivity contribution in [2.75, 3.05) is 12.8 Å². The summed E-state index contributed by atoms with van der Waals surface area (Å²) in [5.41, 5.74) is 5.35. The molecule has 8 heteroatoms. The minimum atomic E-state index is -3.49. The monoisotopic (exact) mass is 226 g/mol. The number of halogens is 1. The largest absolute Gasteiger partial charge is 0.381 e. The summed E-state index contributed by atoms with van der Waals surface area (Å²) in [7, 11) is -0.606. The number of hydrogen-bond donors (Lipinski definition) is 2. The van der Waals surface area contributed by atoms with Crippen LogP contribution in [-0.4, -0.2) is 25.0 Å². The zero-order valence-corrected chi connectivity index (χ0v) is 8.82. The molecule has 0 bridgehead atoms. The molecule has 1 aromatic rings. The Balaban J connectivity index is 0.00000144. The van der Waals surface area contributed by atoms with E-state index in [9.17, 15) is 8.42 Å². The van der Waals surface area contributed by atoms with Crippen LogP contribution in [-0.2, 0) is 17.1 Å². The molecule has 0 aliphatic heterocycles. The summed E-state index contributed by atoms with van der Waals surface area (Å²) in [5.74, 6) is 0.00634. The van der Waals surface area contributed by atoms with Crippen molar-refractivity contribution in [3.8, 4) is 0 Å². The standard InChI is InChI=1S/C5H10N4O2S.ClH/c1-7-12(10,11)5-4(6)8-3-9(5)2;/h3,7H,6H2,1-2H3;1H. The maximum absolute atomic E-state index is 11.3. The van der Waals surface area contributed by atoms with Gasteiger partial charge in [0.05, 0.1) is 6.33 Å². The number of nitrogen functional groups attached to an aromatic ring is 1. The molecule has 0 saturated carbocycles. The summed E-state index contributed by atoms with van der Waals surface area (Å²) >= 11 is 0. The van der Waals surface area contributed by atoms with Crippen molar-refractivity contribution >= 4 is 28.2 Å². The fraction of sp³-hybridized carbons (Fsp3) is 0.400. The lowest BCUT2D eigenvalue weighted by molar-refractivity contribution is 0.578. The number of nitrogens with zero attached hydrogens (tertiary/aromatic N) is 2. The van der Waals surface area contributed by atoms with Gasteiger partial charge in [0, 0.05) is 7.05 Å². The molecule has 0 aromatic carbocycles. The van der Waals surface area contributed by atoms with Gasteiger partial charge < -0.3 is 10.3 Å². The molecule has 0 spiro atoms. The molecule has 0 unspecified atom stereocenters. The third kappa shape index (κ3) is 2.11. The van der Waals surface area contributed by atoms with Crippen molar-refractivity contribution in [2.24, 2.45) is 7.05 Å². The fourth-order valence-corrected chi connectivity index (χ4v) is 1.81. The van der Waals surface area contributed by atoms with Crippen molar-refractivity contribution in [3.63, 3.8) is 0 Å². The summed E-state index contributed by atoms with van der Waals surface area (Å²) in [5, 5.41) is -0.00926. The van der Waals surface area contributed by atoms with Crippen molar-refractivity contribution in [3.05, 3.63) is 6.33 Å². The van der Waals surface area contributed by atoms with Crippen LogP contribution in [0.5, 0.6) is 0 Å². The number of hydrogen-bond acceptors (Lipinski definition) is 4. The minimum Gasteiger partial charge on any atom is -0.381 e. The van der Waals surface area contributed by atoms with E-state index in [1.165, 1.54) is 17.9 Å². The Morgan fingerprint density at radius 1 is 1.62 bits per heavy atom. The normalized spacial score (nSPS) is 10.9. The van der Waals surface area contributed by atoms with Gasteiger partial charge in [0.2, 0.25) is 0 Å². The molecule has 0 radical (unpaired) electrons. The molecule has 76 valence electrons. The molecule has 0 saturated heterocycles. The second-order valence-electron chi connectivity index (χ2n) is 2.25. The molecular formula is C5H11ClN4O2S. The van der Waals surface area contributed by atoms with Crippen LogP contribution in [0.3, 0.4) is 0 Å². The third-order valence-corrected chi connectivity index (χ3v) is 2.98. The van der Waals surface area contributed by atoms with Gasteiger partial charge in [0.25, 0.3) is 10.0 Å². The van der Waals surface area contributed by atoms with Gasteiger partial charge in [0.1, 0.15) is 0 Å². The Bertz CT molecular complexity index is 366. The molecule has 0 aliphatic carbocycles. The number of nitrogens with two attached hydrogens (primary N) is 1. The number of nitrogens with one attached hydrogen (secondary N) is 1. The SMILES string of the molecule is CNS(=O)(=O)c1c(N)ncn1C.Cl. The van der Waals surface area contributed by atoms with Crippen molar-refractivity contribution in [2.45, 2.75) is 5.03 Å². The zero-order chi connectivity index (χ0) is 9.35. The molecule has 0 aliphatic rings. The highest BCUT2D eigenvalue weighted by atomic mass is 35.5. The van der Waals surface area contributed by atoms with Gasteiger partial charge in [-0.1, -0.05) is 0 Å². The van der Waals surface area contributed by atoms with Crippen LogP contribution in [0.15, 0.2) is 11.4 Å². The van der Waals surface area contributed by atoms with Gasteiger partial charge in [-0.3, -0.25) is 0 Å². The molecule has 0 atom stereocenters. The van der Waals surface area contributed by atoms with Gasteiger partial charge in [-0.05, 0) is 7.05 Å². The first-order valence-corrected chi connectivity index (χ1v) is 4.67. The number of aromatic nitrogens is 2. The van der Waals surface area contributed by atoms with E-state index in [0.717, 1.165) is 0 Å². The first kappa shape index (κ1) is 12.2. The average molecular weight is 227 g/mol. The zero-order valence-electron chi connectivity index (χ0n) is 7.18. The average Bonchev–Trinajstić information content (AvgIpc) is 2.31. The molecule has 1 heterocycles. The molecule has 6 nitrogen and oxygen atoms in total. The Labute approximate surface area is 82.6 Å². The second kappa shape index (κ2) is 3.95. The molecule has 0 fully saturated rings. The minimum absolute atomic E-state index is 0. The Kier molecular flexibility index (Phi) is 3.71. The van der Waals surface area contributed by atoms with Gasteiger partial charge in [-0.2, -0.15) is 0 Å². The van der Waals surface area contributed by atoms with Gasteiger partial charge in [-0.15, -0.1) is 12.4 Å². The van der Waals surface area contributed by atoms with E-state index >= 15 is 0 Å². The van der Waals surface area contributed by atoms with E-state index in [1.54, 1.807) is 7.05 Å². The van der Waals surface area contributed by atoms with Crippen molar-refractivity contribution in [1.82, 2.24) is 14.3 Å². The van der Waals surface area contributed by atoms with E-state index in [-0.39, 0.29) is 23.3 Å². The molecule has 0 amide bonds. The second-order valence-corrected chi connectivity index (χ2v) is 4.06. The van der Waals surface area contributed by atoms with E-state index in [1.807, 2.05) is 0 Å². The number of anilines is 1. The van der Waals surface area contributed by atoms with Crippen molar-refractivity contribution in [1.29, 1.82) is 0 Å². The summed E-state index contributed by atoms with van der Waals surface area (Å²) in [4.78, 5) is 3.65. The van der Waals surface area contributed by atoms with Crippen LogP contribution in [0.25, 0.3) is 0 Å². The molecule has 1 aromatic heterocycles. The van der Waals surface area contributed by atoms with E-state index in [4.69, 9.17) is 5.73 Å². The third-order valence-electron chi connectivity index (χ3n) is 1.43. The van der Waals surface area contributed by atoms with E-state index < -0.39 is 10.0 Å². The highest BCUT2D eigenvalue weighted by Gasteiger charge is 2.19. The maximum atomic E-state index is 11.3. The van der Waals surface area contributed by atoms with E-state index in [0.29, 0.717) is 0 Å². The lowest BCUT2D eigenvalue weighted by Gasteiger charge is -2.02. The van der Waals surface area contributed by atoms with Crippen LogP contribution in [0.2, 0.25) is 0 Å². The number of imidazole rings is 1. The first-order valence-electron chi connectivity index (χ1n) is 3.19. The number of sulfonamides is 1. The molecular weight excluding hydrogens is 216 g/mol. The molecule has 1 rings (SSSR count).